The molecule has 12 aromatic rings. The smallest absolute Gasteiger partial charge is 0.235 e. The summed E-state index contributed by atoms with van der Waals surface area (Å²) in [7, 11) is 0. The van der Waals surface area contributed by atoms with Crippen LogP contribution in [-0.2, 0) is 0 Å². The highest BCUT2D eigenvalue weighted by Gasteiger charge is 2.21. The molecule has 0 spiro atoms. The third kappa shape index (κ3) is 4.41. The van der Waals surface area contributed by atoms with E-state index in [0.29, 0.717) is 5.95 Å². The van der Waals surface area contributed by atoms with E-state index in [1.165, 1.54) is 21.8 Å². The predicted octanol–water partition coefficient (Wildman–Crippen LogP) is 13.1. The van der Waals surface area contributed by atoms with Gasteiger partial charge in [-0.05, 0) is 71.8 Å². The maximum atomic E-state index is 6.58. The van der Waals surface area contributed by atoms with Gasteiger partial charge in [-0.2, -0.15) is 0 Å². The molecule has 0 aliphatic rings. The van der Waals surface area contributed by atoms with Crippen LogP contribution in [0.15, 0.2) is 186 Å². The summed E-state index contributed by atoms with van der Waals surface area (Å²) in [6.45, 7) is 0. The van der Waals surface area contributed by atoms with Crippen molar-refractivity contribution in [3.05, 3.63) is 182 Å². The zero-order valence-corrected chi connectivity index (χ0v) is 29.5. The van der Waals surface area contributed by atoms with Gasteiger partial charge in [0.2, 0.25) is 5.95 Å². The molecule has 0 bridgehead atoms. The first-order chi connectivity index (χ1) is 27.3. The molecule has 0 fully saturated rings. The Hall–Kier alpha value is -7.50. The molecule has 5 heteroatoms. The summed E-state index contributed by atoms with van der Waals surface area (Å²) < 4.78 is 11.2. The monoisotopic (exact) mass is 702 g/mol. The van der Waals surface area contributed by atoms with Crippen molar-refractivity contribution in [3.8, 4) is 34.0 Å². The lowest BCUT2D eigenvalue weighted by molar-refractivity contribution is 0.671. The SMILES string of the molecule is c1ccc(-c2nc(-n3c4ccccc4c4ccc(-c5ccc6c(c5)c5ccccc5n6-c5ccccc5)cc43)nc3c2ccc2c4ccccc4oc23)cc1. The van der Waals surface area contributed by atoms with Crippen molar-refractivity contribution in [2.45, 2.75) is 0 Å². The van der Waals surface area contributed by atoms with E-state index in [2.05, 4.69) is 173 Å². The van der Waals surface area contributed by atoms with E-state index in [9.17, 15) is 0 Å². The molecule has 12 rings (SSSR count). The van der Waals surface area contributed by atoms with Gasteiger partial charge in [0.1, 0.15) is 11.1 Å². The van der Waals surface area contributed by atoms with Gasteiger partial charge in [-0.25, -0.2) is 9.97 Å². The van der Waals surface area contributed by atoms with Crippen LogP contribution in [0.1, 0.15) is 0 Å². The molecule has 4 heterocycles. The third-order valence-corrected chi connectivity index (χ3v) is 11.1. The van der Waals surface area contributed by atoms with Gasteiger partial charge in [0.15, 0.2) is 5.58 Å². The van der Waals surface area contributed by atoms with Crippen molar-refractivity contribution in [2.75, 3.05) is 0 Å². The summed E-state index contributed by atoms with van der Waals surface area (Å²) in [4.78, 5) is 10.8. The summed E-state index contributed by atoms with van der Waals surface area (Å²) in [6, 6.07) is 64.3. The van der Waals surface area contributed by atoms with Crippen LogP contribution in [-0.4, -0.2) is 19.1 Å². The highest BCUT2D eigenvalue weighted by molar-refractivity contribution is 6.16. The van der Waals surface area contributed by atoms with Crippen molar-refractivity contribution in [3.63, 3.8) is 0 Å². The van der Waals surface area contributed by atoms with E-state index in [1.54, 1.807) is 0 Å². The average Bonchev–Trinajstić information content (AvgIpc) is 3.91. The Kier molecular flexibility index (Phi) is 6.27. The number of para-hydroxylation sites is 4. The molecule has 8 aromatic carbocycles. The minimum Gasteiger partial charge on any atom is -0.454 e. The van der Waals surface area contributed by atoms with Crippen molar-refractivity contribution in [1.29, 1.82) is 0 Å². The molecule has 0 aliphatic heterocycles. The molecular weight excluding hydrogens is 673 g/mol. The van der Waals surface area contributed by atoms with Gasteiger partial charge in [-0.1, -0.05) is 121 Å². The zero-order valence-electron chi connectivity index (χ0n) is 29.5. The van der Waals surface area contributed by atoms with Crippen LogP contribution in [0.25, 0.3) is 110 Å². The lowest BCUT2D eigenvalue weighted by Crippen LogP contribution is -2.03. The van der Waals surface area contributed by atoms with E-state index in [-0.39, 0.29) is 0 Å². The van der Waals surface area contributed by atoms with Gasteiger partial charge in [0.05, 0.1) is 27.8 Å². The van der Waals surface area contributed by atoms with Crippen molar-refractivity contribution in [1.82, 2.24) is 19.1 Å². The Morgan fingerprint density at radius 3 is 1.76 bits per heavy atom. The molecule has 256 valence electrons. The van der Waals surface area contributed by atoms with Gasteiger partial charge in [0.25, 0.3) is 0 Å². The number of hydrogen-bond donors (Lipinski definition) is 0. The second kappa shape index (κ2) is 11.5. The third-order valence-electron chi connectivity index (χ3n) is 11.1. The molecule has 4 aromatic heterocycles. The average molecular weight is 703 g/mol. The number of furan rings is 1. The molecule has 0 radical (unpaired) electrons. The fourth-order valence-electron chi connectivity index (χ4n) is 8.65. The first kappa shape index (κ1) is 30.0. The molecule has 0 atom stereocenters. The second-order valence-corrected chi connectivity index (χ2v) is 14.2. The van der Waals surface area contributed by atoms with Crippen molar-refractivity contribution >= 4 is 76.5 Å². The fourth-order valence-corrected chi connectivity index (χ4v) is 8.65. The molecule has 0 saturated heterocycles. The standard InChI is InChI=1S/C50H30N4O/c1-3-13-31(14-4-1)47-40-27-26-39-38-19-9-12-22-46(38)55-49(39)48(40)52-50(51-47)54-43-21-11-7-17-35(43)37-25-23-33(30-45(37)54)32-24-28-44-41(29-32)36-18-8-10-20-42(36)53(44)34-15-5-2-6-16-34/h1-30H. The Labute approximate surface area is 315 Å². The Balaban J connectivity index is 1.13. The molecule has 5 nitrogen and oxygen atoms in total. The molecule has 0 N–H and O–H groups in total. The summed E-state index contributed by atoms with van der Waals surface area (Å²) in [5.74, 6) is 0.601. The number of rotatable bonds is 4. The molecular formula is C50H30N4O. The summed E-state index contributed by atoms with van der Waals surface area (Å²) >= 11 is 0. The lowest BCUT2D eigenvalue weighted by Gasteiger charge is -2.12. The normalized spacial score (nSPS) is 12.0. The summed E-state index contributed by atoms with van der Waals surface area (Å²) in [5.41, 5.74) is 12.2. The van der Waals surface area contributed by atoms with Gasteiger partial charge >= 0.3 is 0 Å². The Morgan fingerprint density at radius 2 is 0.945 bits per heavy atom. The van der Waals surface area contributed by atoms with E-state index in [1.807, 2.05) is 18.2 Å². The predicted molar refractivity (Wildman–Crippen MR) is 226 cm³/mol. The number of nitrogens with zero attached hydrogens (tertiary/aromatic N) is 4. The van der Waals surface area contributed by atoms with Gasteiger partial charge < -0.3 is 8.98 Å². The number of benzene rings is 8. The van der Waals surface area contributed by atoms with Crippen LogP contribution in [0.3, 0.4) is 0 Å². The zero-order chi connectivity index (χ0) is 36.0. The van der Waals surface area contributed by atoms with Crippen LogP contribution in [0.4, 0.5) is 0 Å². The van der Waals surface area contributed by atoms with E-state index >= 15 is 0 Å². The molecule has 0 unspecified atom stereocenters. The molecule has 0 amide bonds. The first-order valence-electron chi connectivity index (χ1n) is 18.6. The maximum absolute atomic E-state index is 6.58. The largest absolute Gasteiger partial charge is 0.454 e. The second-order valence-electron chi connectivity index (χ2n) is 14.2. The van der Waals surface area contributed by atoms with Gasteiger partial charge in [-0.15, -0.1) is 0 Å². The summed E-state index contributed by atoms with van der Waals surface area (Å²) in [6.07, 6.45) is 0. The lowest BCUT2D eigenvalue weighted by atomic mass is 10.0. The number of fused-ring (bicyclic) bond motifs is 11. The van der Waals surface area contributed by atoms with E-state index < -0.39 is 0 Å². The van der Waals surface area contributed by atoms with Crippen molar-refractivity contribution in [2.24, 2.45) is 0 Å². The summed E-state index contributed by atoms with van der Waals surface area (Å²) in [5, 5.41) is 7.81. The molecule has 55 heavy (non-hydrogen) atoms. The molecule has 0 saturated carbocycles. The van der Waals surface area contributed by atoms with Crippen LogP contribution in [0.2, 0.25) is 0 Å². The minimum atomic E-state index is 0.601. The van der Waals surface area contributed by atoms with E-state index in [0.717, 1.165) is 82.7 Å². The minimum absolute atomic E-state index is 0.601. The van der Waals surface area contributed by atoms with Gasteiger partial charge in [0, 0.05) is 49.0 Å². The van der Waals surface area contributed by atoms with Crippen LogP contribution in [0.5, 0.6) is 0 Å². The van der Waals surface area contributed by atoms with Crippen LogP contribution < -0.4 is 0 Å². The highest BCUT2D eigenvalue weighted by Crippen LogP contribution is 2.40. The maximum Gasteiger partial charge on any atom is 0.235 e. The Bertz CT molecular complexity index is 3480. The van der Waals surface area contributed by atoms with E-state index in [4.69, 9.17) is 14.4 Å². The first-order valence-corrected chi connectivity index (χ1v) is 18.6. The number of aromatic nitrogens is 4. The fraction of sp³-hybridized carbons (Fsp3) is 0. The van der Waals surface area contributed by atoms with Crippen molar-refractivity contribution < 1.29 is 4.42 Å². The van der Waals surface area contributed by atoms with Crippen LogP contribution >= 0.6 is 0 Å². The molecule has 0 aliphatic carbocycles. The quantitative estimate of drug-likeness (QED) is 0.183. The Morgan fingerprint density at radius 1 is 0.364 bits per heavy atom. The van der Waals surface area contributed by atoms with Gasteiger partial charge in [-0.3, -0.25) is 4.57 Å². The number of hydrogen-bond acceptors (Lipinski definition) is 3. The topological polar surface area (TPSA) is 48.8 Å². The highest BCUT2D eigenvalue weighted by atomic mass is 16.3. The van der Waals surface area contributed by atoms with Crippen LogP contribution in [0, 0.1) is 0 Å².